The second-order valence-electron chi connectivity index (χ2n) is 9.71. The molecule has 2 fully saturated rings. The van der Waals surface area contributed by atoms with E-state index < -0.39 is 21.4 Å². The number of benzene rings is 1. The van der Waals surface area contributed by atoms with Crippen molar-refractivity contribution in [2.45, 2.75) is 57.0 Å². The van der Waals surface area contributed by atoms with E-state index in [9.17, 15) is 22.4 Å². The summed E-state index contributed by atoms with van der Waals surface area (Å²) in [5, 5.41) is 0. The van der Waals surface area contributed by atoms with E-state index in [1.807, 2.05) is 20.8 Å². The Bertz CT molecular complexity index is 938. The number of ether oxygens (including phenoxy) is 1. The summed E-state index contributed by atoms with van der Waals surface area (Å²) >= 11 is 0. The van der Waals surface area contributed by atoms with Crippen LogP contribution in [0, 0.1) is 11.7 Å². The lowest BCUT2D eigenvalue weighted by Gasteiger charge is -2.34. The van der Waals surface area contributed by atoms with Crippen molar-refractivity contribution in [3.05, 3.63) is 30.1 Å². The Kier molecular flexibility index (Phi) is 8.00. The van der Waals surface area contributed by atoms with Crippen molar-refractivity contribution in [3.8, 4) is 0 Å². The lowest BCUT2D eigenvalue weighted by molar-refractivity contribution is -0.132. The molecule has 2 saturated heterocycles. The van der Waals surface area contributed by atoms with E-state index in [1.54, 1.807) is 9.80 Å². The van der Waals surface area contributed by atoms with Gasteiger partial charge in [-0.25, -0.2) is 17.6 Å². The number of piperidine rings is 1. The highest BCUT2D eigenvalue weighted by atomic mass is 32.2. The molecule has 0 N–H and O–H groups in total. The van der Waals surface area contributed by atoms with Gasteiger partial charge in [0, 0.05) is 45.7 Å². The van der Waals surface area contributed by atoms with Gasteiger partial charge < -0.3 is 14.5 Å². The molecule has 2 aliphatic heterocycles. The molecule has 10 heteroatoms. The van der Waals surface area contributed by atoms with Gasteiger partial charge in [0.25, 0.3) is 0 Å². The molecule has 0 bridgehead atoms. The zero-order valence-corrected chi connectivity index (χ0v) is 20.4. The molecule has 8 nitrogen and oxygen atoms in total. The number of halogens is 1. The second-order valence-corrected chi connectivity index (χ2v) is 11.6. The predicted molar refractivity (Wildman–Crippen MR) is 122 cm³/mol. The first kappa shape index (κ1) is 25.4. The normalized spacial score (nSPS) is 19.3. The van der Waals surface area contributed by atoms with Crippen LogP contribution in [-0.2, 0) is 19.6 Å². The monoisotopic (exact) mass is 483 g/mol. The SMILES string of the molecule is CC(C)(C)OC(=O)N1CCC(CC(=O)N2CCCN(S(=O)(=O)c3ccc(F)cc3)CC2)CC1. The van der Waals surface area contributed by atoms with E-state index in [-0.39, 0.29) is 29.4 Å². The van der Waals surface area contributed by atoms with Crippen LogP contribution >= 0.6 is 0 Å². The number of hydrogen-bond acceptors (Lipinski definition) is 5. The average Bonchev–Trinajstić information content (AvgIpc) is 3.00. The molecule has 0 aromatic heterocycles. The smallest absolute Gasteiger partial charge is 0.410 e. The molecule has 2 heterocycles. The molecule has 0 atom stereocenters. The van der Waals surface area contributed by atoms with Gasteiger partial charge in [-0.1, -0.05) is 0 Å². The fraction of sp³-hybridized carbons (Fsp3) is 0.652. The van der Waals surface area contributed by atoms with Crippen LogP contribution in [0.4, 0.5) is 9.18 Å². The Morgan fingerprint density at radius 3 is 2.21 bits per heavy atom. The number of carbonyl (C=O) groups excluding carboxylic acids is 2. The fourth-order valence-electron chi connectivity index (χ4n) is 4.16. The molecular formula is C23H34FN3O5S. The predicted octanol–water partition coefficient (Wildman–Crippen LogP) is 3.09. The molecule has 0 saturated carbocycles. The van der Waals surface area contributed by atoms with E-state index in [4.69, 9.17) is 4.74 Å². The van der Waals surface area contributed by atoms with E-state index in [0.29, 0.717) is 45.6 Å². The third kappa shape index (κ3) is 6.89. The first-order valence-corrected chi connectivity index (χ1v) is 12.9. The van der Waals surface area contributed by atoms with E-state index in [0.717, 1.165) is 25.0 Å². The first-order valence-electron chi connectivity index (χ1n) is 11.5. The highest BCUT2D eigenvalue weighted by molar-refractivity contribution is 7.89. The molecular weight excluding hydrogens is 449 g/mol. The average molecular weight is 484 g/mol. The van der Waals surface area contributed by atoms with Gasteiger partial charge in [0.2, 0.25) is 15.9 Å². The standard InChI is InChI=1S/C23H34FN3O5S/c1-23(2,3)32-22(29)26-13-9-18(10-14-26)17-21(28)25-11-4-12-27(16-15-25)33(30,31)20-7-5-19(24)6-8-20/h5-8,18H,4,9-17H2,1-3H3. The summed E-state index contributed by atoms with van der Waals surface area (Å²) in [4.78, 5) is 28.6. The van der Waals surface area contributed by atoms with E-state index in [2.05, 4.69) is 0 Å². The summed E-state index contributed by atoms with van der Waals surface area (Å²) in [6.45, 7) is 8.01. The molecule has 1 aromatic carbocycles. The molecule has 0 aliphatic carbocycles. The molecule has 184 valence electrons. The Labute approximate surface area is 195 Å². The lowest BCUT2D eigenvalue weighted by Crippen LogP contribution is -2.43. The number of likely N-dealkylation sites (tertiary alicyclic amines) is 1. The minimum absolute atomic E-state index is 0.0201. The topological polar surface area (TPSA) is 87.2 Å². The minimum atomic E-state index is -3.73. The maximum atomic E-state index is 13.2. The molecule has 0 unspecified atom stereocenters. The molecule has 2 amide bonds. The molecule has 0 radical (unpaired) electrons. The second kappa shape index (κ2) is 10.4. The maximum Gasteiger partial charge on any atom is 0.410 e. The van der Waals surface area contributed by atoms with Gasteiger partial charge in [0.05, 0.1) is 4.90 Å². The van der Waals surface area contributed by atoms with Gasteiger partial charge >= 0.3 is 6.09 Å². The van der Waals surface area contributed by atoms with Gasteiger partial charge in [-0.05, 0) is 70.2 Å². The van der Waals surface area contributed by atoms with Crippen LogP contribution < -0.4 is 0 Å². The van der Waals surface area contributed by atoms with Crippen molar-refractivity contribution in [1.82, 2.24) is 14.1 Å². The zero-order chi connectivity index (χ0) is 24.2. The number of nitrogens with zero attached hydrogens (tertiary/aromatic N) is 3. The van der Waals surface area contributed by atoms with Gasteiger partial charge in [0.1, 0.15) is 11.4 Å². The number of amides is 2. The van der Waals surface area contributed by atoms with Crippen LogP contribution in [0.25, 0.3) is 0 Å². The van der Waals surface area contributed by atoms with Crippen LogP contribution in [0.2, 0.25) is 0 Å². The van der Waals surface area contributed by atoms with Crippen molar-refractivity contribution < 1.29 is 27.1 Å². The Balaban J connectivity index is 1.49. The minimum Gasteiger partial charge on any atom is -0.444 e. The highest BCUT2D eigenvalue weighted by Gasteiger charge is 2.31. The van der Waals surface area contributed by atoms with Gasteiger partial charge in [-0.3, -0.25) is 4.79 Å². The van der Waals surface area contributed by atoms with Gasteiger partial charge in [0.15, 0.2) is 0 Å². The van der Waals surface area contributed by atoms with Crippen molar-refractivity contribution in [2.75, 3.05) is 39.3 Å². The number of rotatable bonds is 4. The van der Waals surface area contributed by atoms with Crippen molar-refractivity contribution in [2.24, 2.45) is 5.92 Å². The van der Waals surface area contributed by atoms with Crippen molar-refractivity contribution in [1.29, 1.82) is 0 Å². The van der Waals surface area contributed by atoms with Crippen molar-refractivity contribution in [3.63, 3.8) is 0 Å². The summed E-state index contributed by atoms with van der Waals surface area (Å²) in [6.07, 6.45) is 2.10. The fourth-order valence-corrected chi connectivity index (χ4v) is 5.63. The summed E-state index contributed by atoms with van der Waals surface area (Å²) in [5.74, 6) is -0.274. The summed E-state index contributed by atoms with van der Waals surface area (Å²) in [7, 11) is -3.73. The van der Waals surface area contributed by atoms with Crippen LogP contribution in [0.3, 0.4) is 0 Å². The van der Waals surface area contributed by atoms with E-state index in [1.165, 1.54) is 16.4 Å². The van der Waals surface area contributed by atoms with Crippen LogP contribution in [-0.4, -0.2) is 79.4 Å². The molecule has 3 rings (SSSR count). The Morgan fingerprint density at radius 2 is 1.61 bits per heavy atom. The molecule has 33 heavy (non-hydrogen) atoms. The van der Waals surface area contributed by atoms with E-state index >= 15 is 0 Å². The molecule has 2 aliphatic rings. The maximum absolute atomic E-state index is 13.2. The molecule has 0 spiro atoms. The summed E-state index contributed by atoms with van der Waals surface area (Å²) in [6, 6.07) is 4.80. The van der Waals surface area contributed by atoms with Crippen molar-refractivity contribution >= 4 is 22.0 Å². The Hall–Kier alpha value is -2.20. The number of sulfonamides is 1. The summed E-state index contributed by atoms with van der Waals surface area (Å²) < 4.78 is 45.7. The number of carbonyl (C=O) groups is 2. The zero-order valence-electron chi connectivity index (χ0n) is 19.6. The first-order chi connectivity index (χ1) is 15.5. The quantitative estimate of drug-likeness (QED) is 0.657. The Morgan fingerprint density at radius 1 is 0.970 bits per heavy atom. The van der Waals surface area contributed by atoms with Gasteiger partial charge in [-0.15, -0.1) is 0 Å². The number of hydrogen-bond donors (Lipinski definition) is 0. The lowest BCUT2D eigenvalue weighted by atomic mass is 9.93. The third-order valence-corrected chi connectivity index (χ3v) is 7.90. The van der Waals surface area contributed by atoms with Crippen LogP contribution in [0.15, 0.2) is 29.2 Å². The highest BCUT2D eigenvalue weighted by Crippen LogP contribution is 2.24. The third-order valence-electron chi connectivity index (χ3n) is 5.99. The molecule has 1 aromatic rings. The van der Waals surface area contributed by atoms with Crippen LogP contribution in [0.1, 0.15) is 46.5 Å². The van der Waals surface area contributed by atoms with Gasteiger partial charge in [-0.2, -0.15) is 4.31 Å². The summed E-state index contributed by atoms with van der Waals surface area (Å²) in [5.41, 5.74) is -0.533. The van der Waals surface area contributed by atoms with Crippen LogP contribution in [0.5, 0.6) is 0 Å². The largest absolute Gasteiger partial charge is 0.444 e.